The van der Waals surface area contributed by atoms with Crippen molar-refractivity contribution in [1.82, 2.24) is 0 Å². The summed E-state index contributed by atoms with van der Waals surface area (Å²) in [5, 5.41) is 0. The van der Waals surface area contributed by atoms with Gasteiger partial charge in [-0.15, -0.1) is 0 Å². The first-order valence-corrected chi connectivity index (χ1v) is 0. The molecule has 0 radical (unpaired) electrons. The second kappa shape index (κ2) is 19.2. The summed E-state index contributed by atoms with van der Waals surface area (Å²) in [7, 11) is 0. The Labute approximate surface area is 73.9 Å². The Morgan fingerprint density at radius 2 is 0.750 bits per heavy atom. The summed E-state index contributed by atoms with van der Waals surface area (Å²) in [5.41, 5.74) is 0. The molecule has 0 amide bonds. The standard InChI is InChI=1S/3Li.H2S.3H/h;;;1H2;;;/q3*+1;;3*-1. The molecule has 0 aliphatic carbocycles. The van der Waals surface area contributed by atoms with E-state index < -0.39 is 0 Å². The average molecular weight is 57.9 g/mol. The van der Waals surface area contributed by atoms with Crippen LogP contribution >= 0.6 is 13.5 Å². The molecule has 0 atom stereocenters. The van der Waals surface area contributed by atoms with Gasteiger partial charge >= 0.3 is 56.6 Å². The summed E-state index contributed by atoms with van der Waals surface area (Å²) in [5.74, 6) is 0. The van der Waals surface area contributed by atoms with E-state index in [1.807, 2.05) is 0 Å². The van der Waals surface area contributed by atoms with Gasteiger partial charge in [0, 0.05) is 0 Å². The van der Waals surface area contributed by atoms with Crippen molar-refractivity contribution in [3.8, 4) is 0 Å². The Morgan fingerprint density at radius 1 is 0.750 bits per heavy atom. The minimum Gasteiger partial charge on any atom is -1.00 e. The zero-order valence-electron chi connectivity index (χ0n) is 6.50. The van der Waals surface area contributed by atoms with Crippen molar-refractivity contribution in [2.45, 2.75) is 0 Å². The van der Waals surface area contributed by atoms with Crippen LogP contribution in [0.1, 0.15) is 4.28 Å². The molecule has 0 nitrogen and oxygen atoms in total. The largest absolute Gasteiger partial charge is 1.00 e. The zero-order valence-corrected chi connectivity index (χ0v) is 4.50. The third-order valence-electron chi connectivity index (χ3n) is 0. The van der Waals surface area contributed by atoms with Gasteiger partial charge in [0.15, 0.2) is 0 Å². The molecule has 0 spiro atoms. The predicted molar refractivity (Wildman–Crippen MR) is 13.7 cm³/mol. The summed E-state index contributed by atoms with van der Waals surface area (Å²) >= 11 is 0. The first-order chi connectivity index (χ1) is 0. The Hall–Kier alpha value is 2.14. The summed E-state index contributed by atoms with van der Waals surface area (Å²) in [4.78, 5) is 0. The fourth-order valence-corrected chi connectivity index (χ4v) is 0. The fourth-order valence-electron chi connectivity index (χ4n) is 0. The molecule has 4 heteroatoms. The van der Waals surface area contributed by atoms with Crippen LogP contribution < -0.4 is 56.6 Å². The van der Waals surface area contributed by atoms with Crippen molar-refractivity contribution in [2.24, 2.45) is 0 Å². The third-order valence-corrected chi connectivity index (χ3v) is 0. The van der Waals surface area contributed by atoms with E-state index in [9.17, 15) is 0 Å². The molecule has 0 bridgehead atoms. The molecule has 0 aromatic rings. The van der Waals surface area contributed by atoms with Gasteiger partial charge < -0.3 is 4.28 Å². The van der Waals surface area contributed by atoms with Crippen molar-refractivity contribution < 1.29 is 60.9 Å². The second-order valence-electron chi connectivity index (χ2n) is 0. The van der Waals surface area contributed by atoms with Crippen LogP contribution in [0.15, 0.2) is 0 Å². The first kappa shape index (κ1) is 35.4. The van der Waals surface area contributed by atoms with Gasteiger partial charge in [0.1, 0.15) is 0 Å². The van der Waals surface area contributed by atoms with Crippen molar-refractivity contribution >= 4 is 13.5 Å². The first-order valence-electron chi connectivity index (χ1n) is 0. The van der Waals surface area contributed by atoms with E-state index in [-0.39, 0.29) is 74.4 Å². The summed E-state index contributed by atoms with van der Waals surface area (Å²) in [6.07, 6.45) is 0. The van der Waals surface area contributed by atoms with Gasteiger partial charge in [-0.05, 0) is 0 Å². The van der Waals surface area contributed by atoms with Gasteiger partial charge in [-0.3, -0.25) is 0 Å². The number of hydrogen-bond acceptors (Lipinski definition) is 0. The monoisotopic (exact) mass is 58.1 g/mol. The van der Waals surface area contributed by atoms with Gasteiger partial charge in [-0.25, -0.2) is 0 Å². The molecule has 0 fully saturated rings. The van der Waals surface area contributed by atoms with Crippen LogP contribution in [0.3, 0.4) is 0 Å². The molecule has 0 aromatic carbocycles. The number of hydrogen-bond donors (Lipinski definition) is 0. The van der Waals surface area contributed by atoms with Gasteiger partial charge in [0.2, 0.25) is 0 Å². The van der Waals surface area contributed by atoms with E-state index in [0.29, 0.717) is 0 Å². The Bertz CT molecular complexity index is 10.1. The molecular formula is H5Li3S. The van der Waals surface area contributed by atoms with Gasteiger partial charge in [-0.2, -0.15) is 13.5 Å². The molecule has 14 valence electrons. The average Bonchev–Trinajstić information content (AvgIpc) is 0. The maximum atomic E-state index is 0. The molecule has 0 aliphatic rings. The summed E-state index contributed by atoms with van der Waals surface area (Å²) in [6.45, 7) is 0. The van der Waals surface area contributed by atoms with E-state index in [4.69, 9.17) is 0 Å². The van der Waals surface area contributed by atoms with Crippen molar-refractivity contribution in [3.63, 3.8) is 0 Å². The molecule has 0 saturated heterocycles. The molecule has 0 rings (SSSR count). The molecule has 0 aliphatic heterocycles. The van der Waals surface area contributed by atoms with Crippen LogP contribution in [0.25, 0.3) is 0 Å². The van der Waals surface area contributed by atoms with Gasteiger partial charge in [-0.1, -0.05) is 0 Å². The van der Waals surface area contributed by atoms with Crippen molar-refractivity contribution in [1.29, 1.82) is 0 Å². The van der Waals surface area contributed by atoms with Crippen LogP contribution in [0.5, 0.6) is 0 Å². The van der Waals surface area contributed by atoms with Crippen LogP contribution in [-0.4, -0.2) is 0 Å². The Kier molecular flexibility index (Phi) is 170. The minimum absolute atomic E-state index is 0. The van der Waals surface area contributed by atoms with Crippen molar-refractivity contribution in [3.05, 3.63) is 0 Å². The van der Waals surface area contributed by atoms with E-state index in [1.54, 1.807) is 0 Å². The normalized spacial score (nSPS) is 0. The quantitative estimate of drug-likeness (QED) is 0.243. The minimum atomic E-state index is 0. The molecule has 0 aromatic heterocycles. The topological polar surface area (TPSA) is 0 Å². The van der Waals surface area contributed by atoms with Gasteiger partial charge in [0.05, 0.1) is 0 Å². The van der Waals surface area contributed by atoms with E-state index in [0.717, 1.165) is 0 Å². The van der Waals surface area contributed by atoms with Crippen LogP contribution in [0.2, 0.25) is 0 Å². The van der Waals surface area contributed by atoms with Gasteiger partial charge in [0.25, 0.3) is 0 Å². The maximum Gasteiger partial charge on any atom is 1.00 e. The maximum absolute atomic E-state index is 0. The van der Waals surface area contributed by atoms with Crippen LogP contribution in [0.4, 0.5) is 0 Å². The predicted octanol–water partition coefficient (Wildman–Crippen LogP) is -8.54. The summed E-state index contributed by atoms with van der Waals surface area (Å²) in [6, 6.07) is 0. The fraction of sp³-hybridized carbons (Fsp3) is 0. The molecular weight excluding hydrogens is 52.9 g/mol. The Balaban J connectivity index is 0. The second-order valence-corrected chi connectivity index (χ2v) is 0. The van der Waals surface area contributed by atoms with E-state index in [2.05, 4.69) is 0 Å². The van der Waals surface area contributed by atoms with E-state index >= 15 is 0 Å². The third kappa shape index (κ3) is 8.91. The molecule has 0 unspecified atom stereocenters. The SMILES string of the molecule is S.[H-].[H-].[H-].[Li+].[Li+].[Li+]. The smallest absolute Gasteiger partial charge is 1.00 e. The number of rotatable bonds is 0. The van der Waals surface area contributed by atoms with Crippen LogP contribution in [0, 0.1) is 0 Å². The summed E-state index contributed by atoms with van der Waals surface area (Å²) < 4.78 is 0. The molecule has 0 N–H and O–H groups in total. The van der Waals surface area contributed by atoms with E-state index in [1.165, 1.54) is 0 Å². The molecule has 0 heterocycles. The molecule has 0 saturated carbocycles. The molecule has 4 heavy (non-hydrogen) atoms. The van der Waals surface area contributed by atoms with Crippen molar-refractivity contribution in [2.75, 3.05) is 0 Å². The Morgan fingerprint density at radius 3 is 0.750 bits per heavy atom. The van der Waals surface area contributed by atoms with Crippen LogP contribution in [-0.2, 0) is 0 Å². The zero-order chi connectivity index (χ0) is 0.